The van der Waals surface area contributed by atoms with Crippen LogP contribution in [0.3, 0.4) is 0 Å². The van der Waals surface area contributed by atoms with Gasteiger partial charge in [-0.3, -0.25) is 0 Å². The van der Waals surface area contributed by atoms with Gasteiger partial charge >= 0.3 is 0 Å². The molecule has 21 heavy (non-hydrogen) atoms. The fraction of sp³-hybridized carbons (Fsp3) is 0.600. The van der Waals surface area contributed by atoms with E-state index >= 15 is 0 Å². The number of rotatable bonds is 8. The summed E-state index contributed by atoms with van der Waals surface area (Å²) in [4.78, 5) is 0.245. The zero-order valence-corrected chi connectivity index (χ0v) is 14.7. The van der Waals surface area contributed by atoms with E-state index in [0.717, 1.165) is 12.2 Å². The molecule has 0 aliphatic heterocycles. The van der Waals surface area contributed by atoms with Crippen LogP contribution < -0.4 is 0 Å². The SMILES string of the molecule is CCC(O)c1cccc(S(=O)(=O)N(C)C(CC)CSC)c1. The van der Waals surface area contributed by atoms with Gasteiger partial charge in [-0.25, -0.2) is 8.42 Å². The number of thioether (sulfide) groups is 1. The second-order valence-electron chi connectivity index (χ2n) is 5.04. The molecule has 0 fully saturated rings. The quantitative estimate of drug-likeness (QED) is 0.796. The van der Waals surface area contributed by atoms with Gasteiger partial charge in [-0.2, -0.15) is 16.1 Å². The molecule has 0 saturated heterocycles. The summed E-state index contributed by atoms with van der Waals surface area (Å²) in [5, 5.41) is 9.89. The van der Waals surface area contributed by atoms with E-state index in [9.17, 15) is 13.5 Å². The average Bonchev–Trinajstić information content (AvgIpc) is 2.51. The van der Waals surface area contributed by atoms with E-state index in [0.29, 0.717) is 12.0 Å². The minimum Gasteiger partial charge on any atom is -0.388 e. The van der Waals surface area contributed by atoms with Crippen molar-refractivity contribution >= 4 is 21.8 Å². The minimum absolute atomic E-state index is 0.0234. The molecule has 0 aliphatic carbocycles. The largest absolute Gasteiger partial charge is 0.388 e. The monoisotopic (exact) mass is 331 g/mol. The van der Waals surface area contributed by atoms with Gasteiger partial charge in [0.2, 0.25) is 10.0 Å². The normalized spacial score (nSPS) is 15.1. The van der Waals surface area contributed by atoms with Crippen molar-refractivity contribution in [3.05, 3.63) is 29.8 Å². The summed E-state index contributed by atoms with van der Waals surface area (Å²) in [6.45, 7) is 3.85. The molecule has 0 saturated carbocycles. The van der Waals surface area contributed by atoms with Crippen LogP contribution in [0.15, 0.2) is 29.2 Å². The van der Waals surface area contributed by atoms with Gasteiger partial charge in [0.25, 0.3) is 0 Å². The molecule has 1 rings (SSSR count). The highest BCUT2D eigenvalue weighted by atomic mass is 32.2. The molecule has 4 nitrogen and oxygen atoms in total. The van der Waals surface area contributed by atoms with Crippen molar-refractivity contribution in [3.63, 3.8) is 0 Å². The number of benzene rings is 1. The second kappa shape index (κ2) is 8.17. The van der Waals surface area contributed by atoms with E-state index < -0.39 is 16.1 Å². The van der Waals surface area contributed by atoms with E-state index in [1.807, 2.05) is 20.1 Å². The van der Waals surface area contributed by atoms with Gasteiger partial charge in [-0.1, -0.05) is 26.0 Å². The Morgan fingerprint density at radius 2 is 1.95 bits per heavy atom. The maximum Gasteiger partial charge on any atom is 0.243 e. The van der Waals surface area contributed by atoms with E-state index in [-0.39, 0.29) is 10.9 Å². The highest BCUT2D eigenvalue weighted by Gasteiger charge is 2.27. The molecular formula is C15H25NO3S2. The predicted octanol–water partition coefficient (Wildman–Crippen LogP) is 2.89. The van der Waals surface area contributed by atoms with Gasteiger partial charge in [0.15, 0.2) is 0 Å². The molecule has 6 heteroatoms. The molecule has 120 valence electrons. The van der Waals surface area contributed by atoms with Crippen molar-refractivity contribution in [1.29, 1.82) is 0 Å². The summed E-state index contributed by atoms with van der Waals surface area (Å²) in [7, 11) is -1.90. The van der Waals surface area contributed by atoms with E-state index in [2.05, 4.69) is 0 Å². The lowest BCUT2D eigenvalue weighted by Gasteiger charge is -2.26. The van der Waals surface area contributed by atoms with Crippen molar-refractivity contribution in [2.24, 2.45) is 0 Å². The molecule has 0 bridgehead atoms. The molecule has 2 unspecified atom stereocenters. The zero-order chi connectivity index (χ0) is 16.0. The van der Waals surface area contributed by atoms with Crippen LogP contribution in [0.4, 0.5) is 0 Å². The summed E-state index contributed by atoms with van der Waals surface area (Å²) in [5.41, 5.74) is 0.643. The molecule has 1 N–H and O–H groups in total. The first kappa shape index (κ1) is 18.5. The first-order chi connectivity index (χ1) is 9.88. The topological polar surface area (TPSA) is 57.6 Å². The third-order valence-corrected chi connectivity index (χ3v) is 6.28. The van der Waals surface area contributed by atoms with Crippen LogP contribution in [-0.4, -0.2) is 42.9 Å². The number of hydrogen-bond donors (Lipinski definition) is 1. The fourth-order valence-corrected chi connectivity index (χ4v) is 4.58. The molecule has 0 aromatic heterocycles. The van der Waals surface area contributed by atoms with Crippen LogP contribution in [0.1, 0.15) is 38.4 Å². The standard InChI is InChI=1S/C15H25NO3S2/c1-5-13(11-20-4)16(3)21(18,19)14-9-7-8-12(10-14)15(17)6-2/h7-10,13,15,17H,5-6,11H2,1-4H3. The van der Waals surface area contributed by atoms with Gasteiger partial charge in [0, 0.05) is 18.8 Å². The molecule has 0 amide bonds. The molecule has 0 spiro atoms. The lowest BCUT2D eigenvalue weighted by molar-refractivity contribution is 0.173. The highest BCUT2D eigenvalue weighted by molar-refractivity contribution is 7.98. The van der Waals surface area contributed by atoms with Crippen molar-refractivity contribution < 1.29 is 13.5 Å². The Morgan fingerprint density at radius 3 is 2.48 bits per heavy atom. The fourth-order valence-electron chi connectivity index (χ4n) is 2.15. The maximum atomic E-state index is 12.7. The van der Waals surface area contributed by atoms with Gasteiger partial charge in [-0.15, -0.1) is 0 Å². The maximum absolute atomic E-state index is 12.7. The van der Waals surface area contributed by atoms with Crippen molar-refractivity contribution in [2.45, 2.75) is 43.7 Å². The second-order valence-corrected chi connectivity index (χ2v) is 7.94. The summed E-state index contributed by atoms with van der Waals surface area (Å²) in [5.74, 6) is 0.767. The third-order valence-electron chi connectivity index (χ3n) is 3.65. The summed E-state index contributed by atoms with van der Waals surface area (Å²) in [6.07, 6.45) is 2.68. The van der Waals surface area contributed by atoms with Gasteiger partial charge in [0.05, 0.1) is 11.0 Å². The van der Waals surface area contributed by atoms with Crippen LogP contribution in [0.5, 0.6) is 0 Å². The Hall–Kier alpha value is -0.560. The number of nitrogens with zero attached hydrogens (tertiary/aromatic N) is 1. The number of aliphatic hydroxyl groups excluding tert-OH is 1. The molecule has 0 heterocycles. The molecule has 0 aliphatic rings. The van der Waals surface area contributed by atoms with Crippen molar-refractivity contribution in [1.82, 2.24) is 4.31 Å². The first-order valence-electron chi connectivity index (χ1n) is 7.13. The van der Waals surface area contributed by atoms with Crippen LogP contribution in [0, 0.1) is 0 Å². The highest BCUT2D eigenvalue weighted by Crippen LogP contribution is 2.24. The van der Waals surface area contributed by atoms with Gasteiger partial charge in [-0.05, 0) is 36.8 Å². The lowest BCUT2D eigenvalue weighted by Crippen LogP contribution is -2.38. The summed E-state index contributed by atoms with van der Waals surface area (Å²) >= 11 is 1.64. The Balaban J connectivity index is 3.12. The van der Waals surface area contributed by atoms with Crippen LogP contribution in [0.2, 0.25) is 0 Å². The van der Waals surface area contributed by atoms with Crippen LogP contribution >= 0.6 is 11.8 Å². The smallest absolute Gasteiger partial charge is 0.243 e. The first-order valence-corrected chi connectivity index (χ1v) is 9.96. The Bertz CT molecular complexity index is 546. The molecule has 0 radical (unpaired) electrons. The van der Waals surface area contributed by atoms with Gasteiger partial charge in [0.1, 0.15) is 0 Å². The molecule has 2 atom stereocenters. The number of aliphatic hydroxyl groups is 1. The molecule has 1 aromatic carbocycles. The van der Waals surface area contributed by atoms with Crippen LogP contribution in [0.25, 0.3) is 0 Å². The Labute approximate surface area is 132 Å². The van der Waals surface area contributed by atoms with Crippen LogP contribution in [-0.2, 0) is 10.0 Å². The van der Waals surface area contributed by atoms with Gasteiger partial charge < -0.3 is 5.11 Å². The van der Waals surface area contributed by atoms with E-state index in [1.54, 1.807) is 43.1 Å². The Kier molecular flexibility index (Phi) is 7.20. The molecule has 1 aromatic rings. The van der Waals surface area contributed by atoms with E-state index in [4.69, 9.17) is 0 Å². The Morgan fingerprint density at radius 1 is 1.29 bits per heavy atom. The average molecular weight is 332 g/mol. The number of sulfonamides is 1. The summed E-state index contributed by atoms with van der Waals surface area (Å²) in [6, 6.07) is 6.58. The minimum atomic E-state index is -3.53. The molecular weight excluding hydrogens is 306 g/mol. The van der Waals surface area contributed by atoms with E-state index in [1.165, 1.54) is 4.31 Å². The lowest BCUT2D eigenvalue weighted by atomic mass is 10.1. The summed E-state index contributed by atoms with van der Waals surface area (Å²) < 4.78 is 26.9. The number of hydrogen-bond acceptors (Lipinski definition) is 4. The van der Waals surface area contributed by atoms with Crippen molar-refractivity contribution in [3.8, 4) is 0 Å². The predicted molar refractivity (Wildman–Crippen MR) is 89.1 cm³/mol. The zero-order valence-electron chi connectivity index (χ0n) is 13.1. The van der Waals surface area contributed by atoms with Crippen molar-refractivity contribution in [2.75, 3.05) is 19.1 Å². The third kappa shape index (κ3) is 4.45.